The van der Waals surface area contributed by atoms with Crippen molar-refractivity contribution < 1.29 is 14.5 Å². The van der Waals surface area contributed by atoms with Crippen molar-refractivity contribution in [1.82, 2.24) is 0 Å². The van der Waals surface area contributed by atoms with Gasteiger partial charge in [-0.15, -0.1) is 0 Å². The van der Waals surface area contributed by atoms with Gasteiger partial charge >= 0.3 is 5.69 Å². The van der Waals surface area contributed by atoms with Crippen LogP contribution in [0.25, 0.3) is 10.8 Å². The van der Waals surface area contributed by atoms with Crippen molar-refractivity contribution in [2.75, 3.05) is 5.32 Å². The van der Waals surface area contributed by atoms with Gasteiger partial charge in [-0.3, -0.25) is 14.9 Å². The quantitative estimate of drug-likeness (QED) is 0.325. The van der Waals surface area contributed by atoms with Crippen LogP contribution in [0, 0.1) is 17.0 Å². The second kappa shape index (κ2) is 8.05. The van der Waals surface area contributed by atoms with E-state index in [1.807, 2.05) is 61.5 Å². The summed E-state index contributed by atoms with van der Waals surface area (Å²) in [5.41, 5.74) is 1.45. The summed E-state index contributed by atoms with van der Waals surface area (Å²) < 4.78 is 5.78. The Labute approximate surface area is 172 Å². The van der Waals surface area contributed by atoms with Crippen LogP contribution in [0.2, 0.25) is 0 Å². The molecule has 0 bridgehead atoms. The normalized spacial score (nSPS) is 10.6. The Morgan fingerprint density at radius 3 is 2.40 bits per heavy atom. The molecule has 4 aromatic rings. The summed E-state index contributed by atoms with van der Waals surface area (Å²) >= 11 is 0. The SMILES string of the molecule is Cc1ccccc1NC(=O)c1ccc(Oc2ccc3ccccc3c2)c([N+](=O)[O-])c1. The van der Waals surface area contributed by atoms with Crippen LogP contribution in [-0.4, -0.2) is 10.8 Å². The van der Waals surface area contributed by atoms with Crippen LogP contribution >= 0.6 is 0 Å². The summed E-state index contributed by atoms with van der Waals surface area (Å²) in [5.74, 6) is 0.126. The monoisotopic (exact) mass is 398 g/mol. The highest BCUT2D eigenvalue weighted by atomic mass is 16.6. The fourth-order valence-corrected chi connectivity index (χ4v) is 3.15. The number of nitrogens with zero attached hydrogens (tertiary/aromatic N) is 1. The van der Waals surface area contributed by atoms with Crippen LogP contribution in [0.1, 0.15) is 15.9 Å². The van der Waals surface area contributed by atoms with Crippen molar-refractivity contribution in [2.45, 2.75) is 6.92 Å². The highest BCUT2D eigenvalue weighted by Crippen LogP contribution is 2.33. The maximum Gasteiger partial charge on any atom is 0.312 e. The number of carbonyl (C=O) groups excluding carboxylic acids is 1. The van der Waals surface area contributed by atoms with Crippen LogP contribution in [0.15, 0.2) is 84.9 Å². The van der Waals surface area contributed by atoms with Gasteiger partial charge < -0.3 is 10.1 Å². The average Bonchev–Trinajstić information content (AvgIpc) is 2.75. The second-order valence-electron chi connectivity index (χ2n) is 6.82. The Kier molecular flexibility index (Phi) is 5.13. The number of hydrogen-bond acceptors (Lipinski definition) is 4. The molecule has 0 spiro atoms. The molecule has 6 nitrogen and oxygen atoms in total. The third kappa shape index (κ3) is 3.98. The number of ether oxygens (including phenoxy) is 1. The third-order valence-electron chi connectivity index (χ3n) is 4.76. The van der Waals surface area contributed by atoms with E-state index in [2.05, 4.69) is 5.32 Å². The first-order chi connectivity index (χ1) is 14.5. The van der Waals surface area contributed by atoms with Crippen LogP contribution in [0.5, 0.6) is 11.5 Å². The van der Waals surface area contributed by atoms with E-state index in [1.165, 1.54) is 18.2 Å². The lowest BCUT2D eigenvalue weighted by molar-refractivity contribution is -0.385. The first-order valence-corrected chi connectivity index (χ1v) is 9.33. The fraction of sp³-hybridized carbons (Fsp3) is 0.0417. The summed E-state index contributed by atoms with van der Waals surface area (Å²) in [7, 11) is 0. The molecule has 0 saturated heterocycles. The van der Waals surface area contributed by atoms with E-state index in [-0.39, 0.29) is 17.0 Å². The predicted molar refractivity (Wildman–Crippen MR) is 116 cm³/mol. The highest BCUT2D eigenvalue weighted by Gasteiger charge is 2.20. The van der Waals surface area contributed by atoms with E-state index in [0.29, 0.717) is 11.4 Å². The van der Waals surface area contributed by atoms with Crippen molar-refractivity contribution >= 4 is 28.1 Å². The number of nitro benzene ring substituents is 1. The van der Waals surface area contributed by atoms with Gasteiger partial charge in [0.25, 0.3) is 5.91 Å². The molecule has 4 aromatic carbocycles. The number of nitro groups is 1. The minimum absolute atomic E-state index is 0.0720. The van der Waals surface area contributed by atoms with Crippen LogP contribution < -0.4 is 10.1 Å². The topological polar surface area (TPSA) is 81.5 Å². The standard InChI is InChI=1S/C24H18N2O4/c1-16-6-2-5-9-21(16)25-24(27)19-11-13-23(22(15-19)26(28)29)30-20-12-10-17-7-3-4-8-18(17)14-20/h2-15H,1H3,(H,25,27). The molecule has 0 heterocycles. The van der Waals surface area contributed by atoms with E-state index in [4.69, 9.17) is 4.74 Å². The van der Waals surface area contributed by atoms with Gasteiger partial charge in [-0.05, 0) is 53.6 Å². The number of fused-ring (bicyclic) bond motifs is 1. The first kappa shape index (κ1) is 19.1. The number of aryl methyl sites for hydroxylation is 1. The van der Waals surface area contributed by atoms with Crippen molar-refractivity contribution in [3.05, 3.63) is 106 Å². The molecule has 0 radical (unpaired) electrons. The van der Waals surface area contributed by atoms with E-state index in [0.717, 1.165) is 16.3 Å². The molecule has 1 N–H and O–H groups in total. The largest absolute Gasteiger partial charge is 0.450 e. The Balaban J connectivity index is 1.62. The summed E-state index contributed by atoms with van der Waals surface area (Å²) in [6, 6.07) is 24.7. The van der Waals surface area contributed by atoms with Crippen LogP contribution in [-0.2, 0) is 0 Å². The molecular weight excluding hydrogens is 380 g/mol. The van der Waals surface area contributed by atoms with Gasteiger partial charge in [0.1, 0.15) is 5.75 Å². The minimum Gasteiger partial charge on any atom is -0.450 e. The maximum absolute atomic E-state index is 12.6. The summed E-state index contributed by atoms with van der Waals surface area (Å²) in [4.78, 5) is 23.6. The molecule has 148 valence electrons. The number of benzene rings is 4. The lowest BCUT2D eigenvalue weighted by Gasteiger charge is -2.10. The number of para-hydroxylation sites is 1. The Morgan fingerprint density at radius 1 is 0.900 bits per heavy atom. The van der Waals surface area contributed by atoms with E-state index in [1.54, 1.807) is 12.1 Å². The van der Waals surface area contributed by atoms with Gasteiger partial charge in [0, 0.05) is 17.3 Å². The van der Waals surface area contributed by atoms with Gasteiger partial charge in [-0.2, -0.15) is 0 Å². The molecule has 0 atom stereocenters. The summed E-state index contributed by atoms with van der Waals surface area (Å²) in [6.45, 7) is 1.87. The smallest absolute Gasteiger partial charge is 0.312 e. The van der Waals surface area contributed by atoms with Crippen LogP contribution in [0.3, 0.4) is 0 Å². The number of rotatable bonds is 5. The molecule has 0 aliphatic heterocycles. The summed E-state index contributed by atoms with van der Waals surface area (Å²) in [6.07, 6.45) is 0. The number of anilines is 1. The lowest BCUT2D eigenvalue weighted by Crippen LogP contribution is -2.13. The Hall–Kier alpha value is -4.19. The predicted octanol–water partition coefficient (Wildman–Crippen LogP) is 6.10. The lowest BCUT2D eigenvalue weighted by atomic mass is 10.1. The van der Waals surface area contributed by atoms with Crippen molar-refractivity contribution in [3.8, 4) is 11.5 Å². The van der Waals surface area contributed by atoms with Crippen molar-refractivity contribution in [1.29, 1.82) is 0 Å². The number of hydrogen-bond donors (Lipinski definition) is 1. The molecule has 0 aliphatic carbocycles. The Morgan fingerprint density at radius 2 is 1.63 bits per heavy atom. The Bertz CT molecular complexity index is 1270. The minimum atomic E-state index is -0.555. The number of nitrogens with one attached hydrogen (secondary N) is 1. The first-order valence-electron chi connectivity index (χ1n) is 9.33. The van der Waals surface area contributed by atoms with Crippen molar-refractivity contribution in [3.63, 3.8) is 0 Å². The number of carbonyl (C=O) groups is 1. The van der Waals surface area contributed by atoms with E-state index >= 15 is 0 Å². The van der Waals surface area contributed by atoms with Gasteiger partial charge in [0.2, 0.25) is 5.75 Å². The molecule has 0 fully saturated rings. The zero-order valence-corrected chi connectivity index (χ0v) is 16.2. The zero-order chi connectivity index (χ0) is 21.1. The molecule has 0 unspecified atom stereocenters. The number of amides is 1. The van der Waals surface area contributed by atoms with E-state index in [9.17, 15) is 14.9 Å². The maximum atomic E-state index is 12.6. The molecular formula is C24H18N2O4. The van der Waals surface area contributed by atoms with Gasteiger partial charge in [-0.1, -0.05) is 48.5 Å². The zero-order valence-electron chi connectivity index (χ0n) is 16.2. The molecule has 0 aliphatic rings. The van der Waals surface area contributed by atoms with E-state index < -0.39 is 10.8 Å². The average molecular weight is 398 g/mol. The van der Waals surface area contributed by atoms with Gasteiger partial charge in [-0.25, -0.2) is 0 Å². The van der Waals surface area contributed by atoms with Crippen LogP contribution in [0.4, 0.5) is 11.4 Å². The second-order valence-corrected chi connectivity index (χ2v) is 6.82. The fourth-order valence-electron chi connectivity index (χ4n) is 3.15. The highest BCUT2D eigenvalue weighted by molar-refractivity contribution is 6.05. The third-order valence-corrected chi connectivity index (χ3v) is 4.76. The van der Waals surface area contributed by atoms with Crippen molar-refractivity contribution in [2.24, 2.45) is 0 Å². The molecule has 4 rings (SSSR count). The molecule has 0 saturated carbocycles. The summed E-state index contributed by atoms with van der Waals surface area (Å²) in [5, 5.41) is 16.4. The molecule has 1 amide bonds. The molecule has 6 heteroatoms. The van der Waals surface area contributed by atoms with Gasteiger partial charge in [0.15, 0.2) is 0 Å². The molecule has 0 aromatic heterocycles. The van der Waals surface area contributed by atoms with Gasteiger partial charge in [0.05, 0.1) is 4.92 Å². The molecule has 30 heavy (non-hydrogen) atoms.